The van der Waals surface area contributed by atoms with Gasteiger partial charge in [0, 0.05) is 0 Å². The fourth-order valence-corrected chi connectivity index (χ4v) is 2.17. The molecule has 1 fully saturated rings. The second kappa shape index (κ2) is 9.33. The third kappa shape index (κ3) is 8.11. The predicted octanol–water partition coefficient (Wildman–Crippen LogP) is -3.30. The monoisotopic (exact) mass is 392 g/mol. The Labute approximate surface area is 162 Å². The zero-order chi connectivity index (χ0) is 15.8. The largest absolute Gasteiger partial charge is 2.00 e. The fraction of sp³-hybridized carbons (Fsp3) is 1.00. The van der Waals surface area contributed by atoms with Crippen LogP contribution in [0.5, 0.6) is 0 Å². The van der Waals surface area contributed by atoms with Gasteiger partial charge in [0.1, 0.15) is 24.9 Å². The van der Waals surface area contributed by atoms with Gasteiger partial charge in [0.2, 0.25) is 5.79 Å². The van der Waals surface area contributed by atoms with Crippen LogP contribution in [-0.4, -0.2) is 118 Å². The molecule has 0 unspecified atom stereocenters. The maximum absolute atomic E-state index is 10.5. The quantitative estimate of drug-likeness (QED) is 0.175. The van der Waals surface area contributed by atoms with Crippen LogP contribution in [0.15, 0.2) is 0 Å². The minimum atomic E-state index is -4.96. The van der Waals surface area contributed by atoms with Crippen molar-refractivity contribution in [2.24, 2.45) is 0 Å². The smallest absolute Gasteiger partial charge is 1.00 e. The van der Waals surface area contributed by atoms with Crippen molar-refractivity contribution in [1.29, 1.82) is 0 Å². The van der Waals surface area contributed by atoms with E-state index in [0.29, 0.717) is 0 Å². The fourth-order valence-electron chi connectivity index (χ4n) is 1.47. The van der Waals surface area contributed by atoms with Crippen LogP contribution in [0.25, 0.3) is 0 Å². The van der Waals surface area contributed by atoms with Gasteiger partial charge in [-0.2, -0.15) is 0 Å². The molecule has 16 heteroatoms. The molecular weight excluding hydrogens is 375 g/mol. The zero-order valence-electron chi connectivity index (χ0n) is 15.1. The minimum Gasteiger partial charge on any atom is -1.00 e. The topological polar surface area (TPSA) is 203 Å². The average molecular weight is 393 g/mol. The first-order valence-corrected chi connectivity index (χ1v) is 8.07. The van der Waals surface area contributed by atoms with E-state index in [9.17, 15) is 24.4 Å². The molecule has 12 nitrogen and oxygen atoms in total. The molecule has 0 aromatic carbocycles. The van der Waals surface area contributed by atoms with Gasteiger partial charge in [-0.1, -0.05) is 0 Å². The third-order valence-electron chi connectivity index (χ3n) is 2.37. The van der Waals surface area contributed by atoms with Crippen molar-refractivity contribution in [3.63, 3.8) is 0 Å². The molecule has 128 valence electrons. The molecule has 1 saturated heterocycles. The Morgan fingerprint density at radius 2 is 1.50 bits per heavy atom. The van der Waals surface area contributed by atoms with Gasteiger partial charge in [0.05, 0.1) is 6.61 Å². The normalized spacial score (nSPS) is 32.2. The third-order valence-corrected chi connectivity index (χ3v) is 3.32. The summed E-state index contributed by atoms with van der Waals surface area (Å²) in [6.45, 7) is -2.05. The summed E-state index contributed by atoms with van der Waals surface area (Å²) in [6.07, 6.45) is -5.38. The molecule has 22 heavy (non-hydrogen) atoms. The Morgan fingerprint density at radius 3 is 1.91 bits per heavy atom. The molecule has 0 saturated carbocycles. The maximum Gasteiger partial charge on any atom is 2.00 e. The van der Waals surface area contributed by atoms with Crippen LogP contribution in [0.2, 0.25) is 0 Å². The van der Waals surface area contributed by atoms with Crippen molar-refractivity contribution in [3.8, 4) is 0 Å². The van der Waals surface area contributed by atoms with E-state index in [1.165, 1.54) is 0 Å². The number of rotatable bonds is 6. The standard InChI is InChI=1S/C6H14O12P2.2Mg.4H/c7-4-3(1-16-19(10,11)12)18-6(9,5(4)8)2-17-20(13,14)15;;;;;;/h3-5,7-9H,1-2H2,(H2,10,11,12)(H2,13,14,15);;;;;;/q;2*+2;4*-1/t3-,4-,5+,6-;;;;;;/m1....../s1. The Hall–Kier alpha value is 1.59. The Kier molecular flexibility index (Phi) is 11.0. The number of phosphoric ester groups is 2. The molecule has 0 amide bonds. The summed E-state index contributed by atoms with van der Waals surface area (Å²) in [6, 6.07) is 0. The van der Waals surface area contributed by atoms with Gasteiger partial charge in [0.25, 0.3) is 0 Å². The van der Waals surface area contributed by atoms with Crippen LogP contribution < -0.4 is 0 Å². The summed E-state index contributed by atoms with van der Waals surface area (Å²) in [7, 11) is -9.82. The van der Waals surface area contributed by atoms with E-state index >= 15 is 0 Å². The van der Waals surface area contributed by atoms with E-state index in [0.717, 1.165) is 0 Å². The number of aliphatic hydroxyl groups excluding tert-OH is 2. The Morgan fingerprint density at radius 1 is 1.05 bits per heavy atom. The molecule has 1 aliphatic heterocycles. The second-order valence-corrected chi connectivity index (χ2v) is 6.47. The number of aliphatic hydroxyl groups is 3. The van der Waals surface area contributed by atoms with Crippen molar-refractivity contribution >= 4 is 61.8 Å². The van der Waals surface area contributed by atoms with Crippen LogP contribution in [-0.2, 0) is 22.9 Å². The van der Waals surface area contributed by atoms with E-state index in [1.54, 1.807) is 0 Å². The number of phosphoric acid groups is 2. The molecule has 0 aromatic heterocycles. The van der Waals surface area contributed by atoms with Crippen LogP contribution in [0.4, 0.5) is 0 Å². The van der Waals surface area contributed by atoms with Gasteiger partial charge < -0.3 is 45.3 Å². The maximum atomic E-state index is 10.5. The minimum absolute atomic E-state index is 0. The van der Waals surface area contributed by atoms with Crippen LogP contribution in [0.1, 0.15) is 5.71 Å². The summed E-state index contributed by atoms with van der Waals surface area (Å²) in [4.78, 5) is 33.9. The van der Waals surface area contributed by atoms with Crippen molar-refractivity contribution in [2.45, 2.75) is 24.1 Å². The van der Waals surface area contributed by atoms with E-state index < -0.39 is 53.0 Å². The summed E-state index contributed by atoms with van der Waals surface area (Å²) in [5.74, 6) is -2.66. The van der Waals surface area contributed by atoms with Gasteiger partial charge in [-0.05, 0) is 0 Å². The number of ether oxygens (including phenoxy) is 1. The van der Waals surface area contributed by atoms with Gasteiger partial charge >= 0.3 is 61.8 Å². The number of hydrogen-bond donors (Lipinski definition) is 7. The molecule has 0 bridgehead atoms. The van der Waals surface area contributed by atoms with Crippen LogP contribution in [0.3, 0.4) is 0 Å². The summed E-state index contributed by atoms with van der Waals surface area (Å²) in [5.41, 5.74) is 0. The molecule has 0 aromatic rings. The molecule has 4 atom stereocenters. The van der Waals surface area contributed by atoms with Crippen LogP contribution >= 0.6 is 15.6 Å². The number of hydrogen-bond acceptors (Lipinski definition) is 8. The van der Waals surface area contributed by atoms with Crippen molar-refractivity contribution in [2.75, 3.05) is 13.2 Å². The second-order valence-electron chi connectivity index (χ2n) is 3.99. The average Bonchev–Trinajstić information content (AvgIpc) is 2.48. The Balaban J connectivity index is -0.000000167. The van der Waals surface area contributed by atoms with E-state index in [2.05, 4.69) is 13.8 Å². The van der Waals surface area contributed by atoms with Crippen molar-refractivity contribution in [3.05, 3.63) is 0 Å². The van der Waals surface area contributed by atoms with E-state index in [1.807, 2.05) is 0 Å². The molecule has 1 heterocycles. The zero-order valence-corrected chi connectivity index (χ0v) is 15.7. The first-order chi connectivity index (χ1) is 8.84. The summed E-state index contributed by atoms with van der Waals surface area (Å²) in [5, 5.41) is 28.8. The molecule has 7 N–H and O–H groups in total. The predicted molar refractivity (Wildman–Crippen MR) is 73.8 cm³/mol. The van der Waals surface area contributed by atoms with Crippen LogP contribution in [0, 0.1) is 0 Å². The van der Waals surface area contributed by atoms with Crippen molar-refractivity contribution < 1.29 is 63.5 Å². The van der Waals surface area contributed by atoms with Gasteiger partial charge in [-0.15, -0.1) is 0 Å². The SMILES string of the molecule is O=P(O)(O)OC[C@H]1O[C@](O)(COP(=O)(O)O)[C@@H](O)[C@@H]1O.[H-].[H-].[H-].[H-].[Mg+2].[Mg+2]. The van der Waals surface area contributed by atoms with Gasteiger partial charge in [-0.25, -0.2) is 9.13 Å². The summed E-state index contributed by atoms with van der Waals surface area (Å²) >= 11 is 0. The molecule has 1 rings (SSSR count). The van der Waals surface area contributed by atoms with Gasteiger partial charge in [-0.3, -0.25) is 9.05 Å². The molecular formula is C6H18Mg2O12P2. The molecule has 1 aliphatic rings. The first kappa shape index (κ1) is 25.8. The molecule has 0 radical (unpaired) electrons. The Bertz CT molecular complexity index is 453. The summed E-state index contributed by atoms with van der Waals surface area (Å²) < 4.78 is 33.6. The van der Waals surface area contributed by atoms with Crippen molar-refractivity contribution in [1.82, 2.24) is 0 Å². The molecule has 0 spiro atoms. The van der Waals surface area contributed by atoms with E-state index in [4.69, 9.17) is 19.6 Å². The van der Waals surface area contributed by atoms with Gasteiger partial charge in [0.15, 0.2) is 0 Å². The molecule has 0 aliphatic carbocycles. The first-order valence-electron chi connectivity index (χ1n) is 5.00. The van der Waals surface area contributed by atoms with E-state index in [-0.39, 0.29) is 51.8 Å².